The maximum Gasteiger partial charge on any atom is 0.433 e. The van der Waals surface area contributed by atoms with Gasteiger partial charge in [0.1, 0.15) is 11.8 Å². The Hall–Kier alpha value is -1.01. The number of pyridine rings is 1. The van der Waals surface area contributed by atoms with Gasteiger partial charge in [0.2, 0.25) is 5.88 Å². The van der Waals surface area contributed by atoms with Gasteiger partial charge in [-0.25, -0.2) is 4.98 Å². The SMILES string of the molecule is Cl.FC(F)(F)c1cccc(OC2CCC23CCNCC3)n1. The summed E-state index contributed by atoms with van der Waals surface area (Å²) in [4.78, 5) is 3.58. The maximum absolute atomic E-state index is 12.6. The Morgan fingerprint density at radius 1 is 1.19 bits per heavy atom. The van der Waals surface area contributed by atoms with Crippen LogP contribution in [0.2, 0.25) is 0 Å². The van der Waals surface area contributed by atoms with Crippen LogP contribution >= 0.6 is 12.4 Å². The van der Waals surface area contributed by atoms with E-state index in [9.17, 15) is 13.2 Å². The number of alkyl halides is 3. The average molecular weight is 323 g/mol. The van der Waals surface area contributed by atoms with Gasteiger partial charge >= 0.3 is 6.18 Å². The van der Waals surface area contributed by atoms with E-state index in [1.165, 1.54) is 12.1 Å². The van der Waals surface area contributed by atoms with Crippen LogP contribution in [0.5, 0.6) is 5.88 Å². The molecular weight excluding hydrogens is 305 g/mol. The minimum atomic E-state index is -4.43. The molecule has 1 aromatic rings. The van der Waals surface area contributed by atoms with Crippen LogP contribution in [0.25, 0.3) is 0 Å². The third-order valence-corrected chi connectivity index (χ3v) is 4.46. The normalized spacial score (nSPS) is 24.0. The molecule has 2 heterocycles. The largest absolute Gasteiger partial charge is 0.474 e. The minimum absolute atomic E-state index is 0. The molecule has 1 atom stereocenters. The van der Waals surface area contributed by atoms with Gasteiger partial charge in [-0.1, -0.05) is 6.07 Å². The van der Waals surface area contributed by atoms with Crippen molar-refractivity contribution in [2.45, 2.75) is 38.0 Å². The summed E-state index contributed by atoms with van der Waals surface area (Å²) < 4.78 is 43.6. The van der Waals surface area contributed by atoms with Crippen molar-refractivity contribution in [1.29, 1.82) is 0 Å². The van der Waals surface area contributed by atoms with Gasteiger partial charge in [-0.2, -0.15) is 13.2 Å². The second-order valence-electron chi connectivity index (χ2n) is 5.62. The zero-order chi connectivity index (χ0) is 14.2. The number of piperidine rings is 1. The Morgan fingerprint density at radius 2 is 1.90 bits per heavy atom. The molecule has 1 N–H and O–H groups in total. The van der Waals surface area contributed by atoms with Crippen LogP contribution < -0.4 is 10.1 Å². The van der Waals surface area contributed by atoms with E-state index in [2.05, 4.69) is 10.3 Å². The van der Waals surface area contributed by atoms with E-state index in [0.717, 1.165) is 44.8 Å². The van der Waals surface area contributed by atoms with Crippen molar-refractivity contribution >= 4 is 12.4 Å². The third kappa shape index (κ3) is 3.26. The highest BCUT2D eigenvalue weighted by Gasteiger charge is 2.49. The first-order valence-corrected chi connectivity index (χ1v) is 6.91. The first-order valence-electron chi connectivity index (χ1n) is 6.91. The fourth-order valence-corrected chi connectivity index (χ4v) is 3.14. The van der Waals surface area contributed by atoms with Gasteiger partial charge in [0.15, 0.2) is 0 Å². The van der Waals surface area contributed by atoms with E-state index in [4.69, 9.17) is 4.74 Å². The molecule has 1 spiro atoms. The minimum Gasteiger partial charge on any atom is -0.474 e. The molecule has 2 fully saturated rings. The predicted octanol–water partition coefficient (Wildman–Crippen LogP) is 3.43. The number of hydrogen-bond acceptors (Lipinski definition) is 3. The van der Waals surface area contributed by atoms with Crippen LogP contribution in [0.3, 0.4) is 0 Å². The Labute approximate surface area is 127 Å². The lowest BCUT2D eigenvalue weighted by Gasteiger charge is -2.51. The van der Waals surface area contributed by atoms with Gasteiger partial charge in [0.05, 0.1) is 0 Å². The topological polar surface area (TPSA) is 34.1 Å². The Bertz CT molecular complexity index is 489. The van der Waals surface area contributed by atoms with Gasteiger partial charge in [0.25, 0.3) is 0 Å². The van der Waals surface area contributed by atoms with Crippen LogP contribution in [0.1, 0.15) is 31.4 Å². The third-order valence-electron chi connectivity index (χ3n) is 4.46. The fourth-order valence-electron chi connectivity index (χ4n) is 3.14. The fraction of sp³-hybridized carbons (Fsp3) is 0.643. The predicted molar refractivity (Wildman–Crippen MR) is 74.7 cm³/mol. The number of nitrogens with zero attached hydrogens (tertiary/aromatic N) is 1. The smallest absolute Gasteiger partial charge is 0.433 e. The summed E-state index contributed by atoms with van der Waals surface area (Å²) in [7, 11) is 0. The molecule has 1 saturated heterocycles. The van der Waals surface area contributed by atoms with Crippen LogP contribution in [-0.2, 0) is 6.18 Å². The average Bonchev–Trinajstić information content (AvgIpc) is 2.44. The first kappa shape index (κ1) is 16.4. The van der Waals surface area contributed by atoms with Gasteiger partial charge in [-0.3, -0.25) is 0 Å². The molecule has 2 aliphatic rings. The van der Waals surface area contributed by atoms with Gasteiger partial charge < -0.3 is 10.1 Å². The molecule has 0 amide bonds. The molecule has 1 aliphatic heterocycles. The summed E-state index contributed by atoms with van der Waals surface area (Å²) in [6.45, 7) is 1.91. The Kier molecular flexibility index (Phi) is 4.68. The molecule has 3 nitrogen and oxygen atoms in total. The van der Waals surface area contributed by atoms with Crippen molar-refractivity contribution < 1.29 is 17.9 Å². The molecule has 1 aliphatic carbocycles. The van der Waals surface area contributed by atoms with E-state index in [1.54, 1.807) is 0 Å². The summed E-state index contributed by atoms with van der Waals surface area (Å²) in [6.07, 6.45) is -0.380. The maximum atomic E-state index is 12.6. The van der Waals surface area contributed by atoms with Gasteiger partial charge in [-0.15, -0.1) is 12.4 Å². The lowest BCUT2D eigenvalue weighted by atomic mass is 9.61. The zero-order valence-electron chi connectivity index (χ0n) is 11.4. The van der Waals surface area contributed by atoms with Gasteiger partial charge in [-0.05, 0) is 44.8 Å². The first-order chi connectivity index (χ1) is 9.50. The van der Waals surface area contributed by atoms with Crippen LogP contribution in [-0.4, -0.2) is 24.2 Å². The highest BCUT2D eigenvalue weighted by Crippen LogP contribution is 2.49. The number of aromatic nitrogens is 1. The monoisotopic (exact) mass is 322 g/mol. The van der Waals surface area contributed by atoms with Crippen LogP contribution in [0, 0.1) is 5.41 Å². The molecule has 1 unspecified atom stereocenters. The lowest BCUT2D eigenvalue weighted by molar-refractivity contribution is -0.141. The highest BCUT2D eigenvalue weighted by atomic mass is 35.5. The molecule has 7 heteroatoms. The Balaban J connectivity index is 0.00000161. The van der Waals surface area contributed by atoms with Crippen molar-refractivity contribution in [2.75, 3.05) is 13.1 Å². The summed E-state index contributed by atoms with van der Waals surface area (Å²) >= 11 is 0. The number of halogens is 4. The molecule has 0 aromatic carbocycles. The second kappa shape index (κ2) is 6.01. The number of ether oxygens (including phenoxy) is 1. The van der Waals surface area contributed by atoms with Crippen LogP contribution in [0.15, 0.2) is 18.2 Å². The summed E-state index contributed by atoms with van der Waals surface area (Å²) in [5, 5.41) is 3.30. The molecule has 118 valence electrons. The lowest BCUT2D eigenvalue weighted by Crippen LogP contribution is -2.53. The van der Waals surface area contributed by atoms with E-state index in [0.29, 0.717) is 0 Å². The van der Waals surface area contributed by atoms with E-state index >= 15 is 0 Å². The molecule has 3 rings (SSSR count). The molecule has 0 bridgehead atoms. The molecule has 1 saturated carbocycles. The number of hydrogen-bond donors (Lipinski definition) is 1. The number of nitrogens with one attached hydrogen (secondary N) is 1. The molecule has 1 aromatic heterocycles. The van der Waals surface area contributed by atoms with E-state index < -0.39 is 11.9 Å². The van der Waals surface area contributed by atoms with Crippen LogP contribution in [0.4, 0.5) is 13.2 Å². The summed E-state index contributed by atoms with van der Waals surface area (Å²) in [5.41, 5.74) is -0.755. The van der Waals surface area contributed by atoms with Crippen molar-refractivity contribution in [2.24, 2.45) is 5.41 Å². The van der Waals surface area contributed by atoms with E-state index in [1.807, 2.05) is 0 Å². The zero-order valence-corrected chi connectivity index (χ0v) is 12.3. The van der Waals surface area contributed by atoms with E-state index in [-0.39, 0.29) is 29.8 Å². The highest BCUT2D eigenvalue weighted by molar-refractivity contribution is 5.85. The molecule has 21 heavy (non-hydrogen) atoms. The van der Waals surface area contributed by atoms with Crippen molar-refractivity contribution in [1.82, 2.24) is 10.3 Å². The Morgan fingerprint density at radius 3 is 2.48 bits per heavy atom. The van der Waals surface area contributed by atoms with Gasteiger partial charge in [0, 0.05) is 11.5 Å². The van der Waals surface area contributed by atoms with Crippen molar-refractivity contribution in [3.63, 3.8) is 0 Å². The summed E-state index contributed by atoms with van der Waals surface area (Å²) in [6, 6.07) is 3.81. The second-order valence-corrected chi connectivity index (χ2v) is 5.62. The molecular formula is C14H18ClF3N2O. The molecule has 0 radical (unpaired) electrons. The van der Waals surface area contributed by atoms with Crippen molar-refractivity contribution in [3.8, 4) is 5.88 Å². The summed E-state index contributed by atoms with van der Waals surface area (Å²) in [5.74, 6) is 0.0856. The van der Waals surface area contributed by atoms with Crippen molar-refractivity contribution in [3.05, 3.63) is 23.9 Å². The standard InChI is InChI=1S/C14H17F3N2O.ClH/c15-14(16,17)10-2-1-3-12(19-10)20-11-4-5-13(11)6-8-18-9-7-13;/h1-3,11,18H,4-9H2;1H. The number of rotatable bonds is 2. The quantitative estimate of drug-likeness (QED) is 0.905.